The summed E-state index contributed by atoms with van der Waals surface area (Å²) in [5.41, 5.74) is -0.0353. The number of aromatic carboxylic acids is 1. The molecule has 0 aliphatic carbocycles. The largest absolute Gasteiger partial charge is 0.497 e. The molecule has 1 aromatic carbocycles. The summed E-state index contributed by atoms with van der Waals surface area (Å²) in [7, 11) is -1.98. The van der Waals surface area contributed by atoms with Crippen LogP contribution in [-0.2, 0) is 14.8 Å². The molecule has 0 bridgehead atoms. The zero-order chi connectivity index (χ0) is 16.3. The van der Waals surface area contributed by atoms with Crippen molar-refractivity contribution in [3.05, 3.63) is 23.8 Å². The summed E-state index contributed by atoms with van der Waals surface area (Å²) in [5.74, 6) is -1.43. The standard InChI is InChI=1S/C13H16N2O6S/c1-21-9-3-4-11(10(7-9)13(17)18)14-12(16)8-15-5-2-6-22(15,19)20/h3-4,7H,2,5-6,8H2,1H3,(H,14,16)(H,17,18). The molecule has 0 atom stereocenters. The highest BCUT2D eigenvalue weighted by molar-refractivity contribution is 7.89. The number of nitrogens with one attached hydrogen (secondary N) is 1. The number of amides is 1. The summed E-state index contributed by atoms with van der Waals surface area (Å²) < 4.78 is 29.3. The van der Waals surface area contributed by atoms with Gasteiger partial charge in [0.15, 0.2) is 0 Å². The summed E-state index contributed by atoms with van der Waals surface area (Å²) in [6.07, 6.45) is 0.485. The van der Waals surface area contributed by atoms with Crippen molar-refractivity contribution in [1.29, 1.82) is 0 Å². The maximum Gasteiger partial charge on any atom is 0.337 e. The van der Waals surface area contributed by atoms with Crippen molar-refractivity contribution < 1.29 is 27.9 Å². The number of carboxylic acid groups (broad SMARTS) is 1. The van der Waals surface area contributed by atoms with E-state index in [1.54, 1.807) is 0 Å². The first kappa shape index (κ1) is 16.2. The summed E-state index contributed by atoms with van der Waals surface area (Å²) in [6.45, 7) is -0.0302. The lowest BCUT2D eigenvalue weighted by atomic mass is 10.1. The average molecular weight is 328 g/mol. The molecule has 1 aromatic rings. The highest BCUT2D eigenvalue weighted by atomic mass is 32.2. The number of sulfonamides is 1. The minimum Gasteiger partial charge on any atom is -0.497 e. The van der Waals surface area contributed by atoms with Crippen LogP contribution in [0.1, 0.15) is 16.8 Å². The van der Waals surface area contributed by atoms with E-state index in [0.717, 1.165) is 4.31 Å². The van der Waals surface area contributed by atoms with Gasteiger partial charge in [-0.05, 0) is 24.6 Å². The van der Waals surface area contributed by atoms with E-state index in [1.165, 1.54) is 25.3 Å². The third kappa shape index (κ3) is 3.55. The SMILES string of the molecule is COc1ccc(NC(=O)CN2CCCS2(=O)=O)c(C(=O)O)c1. The molecule has 0 aromatic heterocycles. The molecule has 9 heteroatoms. The number of carbonyl (C=O) groups excluding carboxylic acids is 1. The number of methoxy groups -OCH3 is 1. The predicted molar refractivity (Wildman–Crippen MR) is 78.6 cm³/mol. The van der Waals surface area contributed by atoms with E-state index >= 15 is 0 Å². The van der Waals surface area contributed by atoms with Gasteiger partial charge in [-0.3, -0.25) is 4.79 Å². The molecule has 1 aliphatic rings. The van der Waals surface area contributed by atoms with Crippen LogP contribution in [0.15, 0.2) is 18.2 Å². The number of nitrogens with zero attached hydrogens (tertiary/aromatic N) is 1. The van der Waals surface area contributed by atoms with Gasteiger partial charge in [0.1, 0.15) is 5.75 Å². The zero-order valence-corrected chi connectivity index (χ0v) is 12.7. The minimum absolute atomic E-state index is 0.0309. The molecule has 1 aliphatic heterocycles. The number of ether oxygens (including phenoxy) is 1. The Bertz CT molecular complexity index is 700. The Morgan fingerprint density at radius 2 is 2.14 bits per heavy atom. The molecule has 1 amide bonds. The van der Waals surface area contributed by atoms with Gasteiger partial charge in [0.25, 0.3) is 0 Å². The smallest absolute Gasteiger partial charge is 0.337 e. The number of rotatable bonds is 5. The molecule has 1 fully saturated rings. The lowest BCUT2D eigenvalue weighted by Gasteiger charge is -2.15. The molecule has 1 heterocycles. The van der Waals surface area contributed by atoms with Gasteiger partial charge in [-0.15, -0.1) is 0 Å². The minimum atomic E-state index is -3.38. The maximum atomic E-state index is 11.9. The maximum absolute atomic E-state index is 11.9. The van der Waals surface area contributed by atoms with Gasteiger partial charge < -0.3 is 15.2 Å². The number of hydrogen-bond acceptors (Lipinski definition) is 5. The number of hydrogen-bond donors (Lipinski definition) is 2. The molecular formula is C13H16N2O6S. The second-order valence-corrected chi connectivity index (χ2v) is 6.86. The van der Waals surface area contributed by atoms with Crippen LogP contribution >= 0.6 is 0 Å². The predicted octanol–water partition coefficient (Wildman–Crippen LogP) is 0.367. The van der Waals surface area contributed by atoms with Gasteiger partial charge >= 0.3 is 5.97 Å². The molecule has 120 valence electrons. The monoisotopic (exact) mass is 328 g/mol. The fourth-order valence-electron chi connectivity index (χ4n) is 2.16. The van der Waals surface area contributed by atoms with E-state index < -0.39 is 21.9 Å². The van der Waals surface area contributed by atoms with E-state index in [2.05, 4.69) is 5.32 Å². The molecule has 0 saturated carbocycles. The van der Waals surface area contributed by atoms with E-state index in [1.807, 2.05) is 0 Å². The number of benzene rings is 1. The summed E-state index contributed by atoms with van der Waals surface area (Å²) in [6, 6.07) is 4.19. The number of carboxylic acids is 1. The van der Waals surface area contributed by atoms with Crippen LogP contribution < -0.4 is 10.1 Å². The lowest BCUT2D eigenvalue weighted by Crippen LogP contribution is -2.34. The lowest BCUT2D eigenvalue weighted by molar-refractivity contribution is -0.116. The topological polar surface area (TPSA) is 113 Å². The molecule has 1 saturated heterocycles. The molecule has 2 N–H and O–H groups in total. The average Bonchev–Trinajstić information content (AvgIpc) is 2.78. The van der Waals surface area contributed by atoms with Crippen molar-refractivity contribution >= 4 is 27.6 Å². The fraction of sp³-hybridized carbons (Fsp3) is 0.385. The summed E-state index contributed by atoms with van der Waals surface area (Å²) >= 11 is 0. The van der Waals surface area contributed by atoms with Crippen molar-refractivity contribution in [3.63, 3.8) is 0 Å². The van der Waals surface area contributed by atoms with Crippen molar-refractivity contribution in [3.8, 4) is 5.75 Å². The number of carbonyl (C=O) groups is 2. The first-order valence-electron chi connectivity index (χ1n) is 6.52. The highest BCUT2D eigenvalue weighted by Gasteiger charge is 2.30. The Kier molecular flexibility index (Phi) is 4.67. The Morgan fingerprint density at radius 1 is 1.41 bits per heavy atom. The van der Waals surface area contributed by atoms with E-state index in [4.69, 9.17) is 9.84 Å². The van der Waals surface area contributed by atoms with Gasteiger partial charge in [-0.25, -0.2) is 13.2 Å². The van der Waals surface area contributed by atoms with Gasteiger partial charge in [0.05, 0.1) is 30.7 Å². The van der Waals surface area contributed by atoms with Gasteiger partial charge in [-0.1, -0.05) is 0 Å². The van der Waals surface area contributed by atoms with Gasteiger partial charge in [0, 0.05) is 6.54 Å². The van der Waals surface area contributed by atoms with Gasteiger partial charge in [0.2, 0.25) is 15.9 Å². The first-order valence-corrected chi connectivity index (χ1v) is 8.13. The van der Waals surface area contributed by atoms with Crippen LogP contribution in [0.5, 0.6) is 5.75 Å². The summed E-state index contributed by atoms with van der Waals surface area (Å²) in [4.78, 5) is 23.1. The third-order valence-electron chi connectivity index (χ3n) is 3.25. The molecule has 0 unspecified atom stereocenters. The first-order chi connectivity index (χ1) is 10.3. The van der Waals surface area contributed by atoms with Crippen LogP contribution in [-0.4, -0.2) is 55.7 Å². The molecular weight excluding hydrogens is 312 g/mol. The van der Waals surface area contributed by atoms with Crippen molar-refractivity contribution in [2.24, 2.45) is 0 Å². The highest BCUT2D eigenvalue weighted by Crippen LogP contribution is 2.22. The number of anilines is 1. The molecule has 22 heavy (non-hydrogen) atoms. The second-order valence-electron chi connectivity index (χ2n) is 4.77. The zero-order valence-electron chi connectivity index (χ0n) is 11.9. The Balaban J connectivity index is 2.13. The molecule has 0 radical (unpaired) electrons. The van der Waals surface area contributed by atoms with Crippen molar-refractivity contribution in [1.82, 2.24) is 4.31 Å². The van der Waals surface area contributed by atoms with Crippen LogP contribution in [0, 0.1) is 0 Å². The van der Waals surface area contributed by atoms with E-state index in [9.17, 15) is 18.0 Å². The fourth-order valence-corrected chi connectivity index (χ4v) is 3.63. The normalized spacial score (nSPS) is 17.1. The quantitative estimate of drug-likeness (QED) is 0.807. The van der Waals surface area contributed by atoms with Gasteiger partial charge in [-0.2, -0.15) is 4.31 Å². The molecule has 2 rings (SSSR count). The Hall–Kier alpha value is -2.13. The molecule has 8 nitrogen and oxygen atoms in total. The molecule has 0 spiro atoms. The Labute approximate surface area is 127 Å². The van der Waals surface area contributed by atoms with E-state index in [-0.39, 0.29) is 23.5 Å². The van der Waals surface area contributed by atoms with Crippen LogP contribution in [0.25, 0.3) is 0 Å². The van der Waals surface area contributed by atoms with Crippen molar-refractivity contribution in [2.45, 2.75) is 6.42 Å². The van der Waals surface area contributed by atoms with Crippen LogP contribution in [0.3, 0.4) is 0 Å². The third-order valence-corrected chi connectivity index (χ3v) is 5.16. The van der Waals surface area contributed by atoms with Crippen LogP contribution in [0.2, 0.25) is 0 Å². The van der Waals surface area contributed by atoms with Crippen molar-refractivity contribution in [2.75, 3.05) is 31.3 Å². The second kappa shape index (κ2) is 6.32. The van der Waals surface area contributed by atoms with E-state index in [0.29, 0.717) is 18.7 Å². The summed E-state index contributed by atoms with van der Waals surface area (Å²) in [5, 5.41) is 11.6. The Morgan fingerprint density at radius 3 is 2.68 bits per heavy atom. The van der Waals surface area contributed by atoms with Crippen LogP contribution in [0.4, 0.5) is 5.69 Å².